The molecule has 1 amide bonds. The van der Waals surface area contributed by atoms with E-state index in [2.05, 4.69) is 5.32 Å². The van der Waals surface area contributed by atoms with E-state index in [9.17, 15) is 13.6 Å². The van der Waals surface area contributed by atoms with E-state index in [1.807, 2.05) is 6.92 Å². The van der Waals surface area contributed by atoms with Gasteiger partial charge in [0.15, 0.2) is 0 Å². The topological polar surface area (TPSA) is 49.3 Å². The largest absolute Gasteiger partial charge is 0.396 e. The van der Waals surface area contributed by atoms with Crippen molar-refractivity contribution in [1.29, 1.82) is 0 Å². The predicted molar refractivity (Wildman–Crippen MR) is 68.5 cm³/mol. The molecule has 106 valence electrons. The van der Waals surface area contributed by atoms with Crippen LogP contribution in [0.4, 0.5) is 8.78 Å². The Morgan fingerprint density at radius 1 is 1.37 bits per heavy atom. The quantitative estimate of drug-likeness (QED) is 0.831. The number of aliphatic hydroxyl groups is 1. The molecule has 0 radical (unpaired) electrons. The fourth-order valence-electron chi connectivity index (χ4n) is 1.60. The molecule has 3 nitrogen and oxygen atoms in total. The van der Waals surface area contributed by atoms with Gasteiger partial charge in [-0.15, -0.1) is 0 Å². The van der Waals surface area contributed by atoms with Crippen molar-refractivity contribution < 1.29 is 18.7 Å². The van der Waals surface area contributed by atoms with Gasteiger partial charge in [-0.2, -0.15) is 0 Å². The van der Waals surface area contributed by atoms with Crippen molar-refractivity contribution >= 4 is 5.91 Å². The molecule has 19 heavy (non-hydrogen) atoms. The van der Waals surface area contributed by atoms with Crippen molar-refractivity contribution in [2.24, 2.45) is 5.92 Å². The van der Waals surface area contributed by atoms with Crippen molar-refractivity contribution in [3.8, 4) is 0 Å². The standard InChI is InChI=1S/C14H19F2NO2/c1-9(8-18)10(2)17-14(19)6-4-11-3-5-12(15)7-13(11)16/h3,5,7,9-10,18H,4,6,8H2,1-2H3,(H,17,19). The molecule has 0 aliphatic heterocycles. The third kappa shape index (κ3) is 4.95. The highest BCUT2D eigenvalue weighted by atomic mass is 19.1. The van der Waals surface area contributed by atoms with Crippen LogP contribution >= 0.6 is 0 Å². The number of hydrogen-bond acceptors (Lipinski definition) is 2. The zero-order valence-electron chi connectivity index (χ0n) is 11.1. The van der Waals surface area contributed by atoms with E-state index in [4.69, 9.17) is 5.11 Å². The fourth-order valence-corrected chi connectivity index (χ4v) is 1.60. The van der Waals surface area contributed by atoms with Crippen LogP contribution in [0.1, 0.15) is 25.8 Å². The molecule has 0 aliphatic carbocycles. The number of aryl methyl sites for hydroxylation is 1. The predicted octanol–water partition coefficient (Wildman–Crippen LogP) is 2.03. The third-order valence-electron chi connectivity index (χ3n) is 3.17. The van der Waals surface area contributed by atoms with E-state index >= 15 is 0 Å². The molecule has 0 aliphatic rings. The van der Waals surface area contributed by atoms with Gasteiger partial charge in [-0.05, 0) is 30.9 Å². The van der Waals surface area contributed by atoms with Gasteiger partial charge in [-0.1, -0.05) is 13.0 Å². The first kappa shape index (κ1) is 15.6. The lowest BCUT2D eigenvalue weighted by Crippen LogP contribution is -2.38. The third-order valence-corrected chi connectivity index (χ3v) is 3.17. The van der Waals surface area contributed by atoms with Crippen molar-refractivity contribution in [3.05, 3.63) is 35.4 Å². The first-order valence-corrected chi connectivity index (χ1v) is 6.28. The Balaban J connectivity index is 2.46. The summed E-state index contributed by atoms with van der Waals surface area (Å²) in [6.45, 7) is 3.62. The number of halogens is 2. The molecule has 0 heterocycles. The van der Waals surface area contributed by atoms with Crippen LogP contribution in [-0.4, -0.2) is 23.7 Å². The molecule has 0 aromatic heterocycles. The number of carbonyl (C=O) groups is 1. The average Bonchev–Trinajstić information content (AvgIpc) is 2.36. The molecule has 2 N–H and O–H groups in total. The van der Waals surface area contributed by atoms with Crippen LogP contribution in [0.3, 0.4) is 0 Å². The summed E-state index contributed by atoms with van der Waals surface area (Å²) in [5.74, 6) is -1.51. The van der Waals surface area contributed by atoms with E-state index in [1.54, 1.807) is 6.92 Å². The van der Waals surface area contributed by atoms with Gasteiger partial charge < -0.3 is 10.4 Å². The van der Waals surface area contributed by atoms with Gasteiger partial charge in [0.25, 0.3) is 0 Å². The van der Waals surface area contributed by atoms with Crippen molar-refractivity contribution in [2.75, 3.05) is 6.61 Å². The lowest BCUT2D eigenvalue weighted by Gasteiger charge is -2.19. The molecule has 1 aromatic carbocycles. The smallest absolute Gasteiger partial charge is 0.220 e. The molecule has 1 aromatic rings. The Bertz CT molecular complexity index is 437. The maximum Gasteiger partial charge on any atom is 0.220 e. The van der Waals surface area contributed by atoms with Gasteiger partial charge in [0.05, 0.1) is 0 Å². The average molecular weight is 271 g/mol. The summed E-state index contributed by atoms with van der Waals surface area (Å²) in [4.78, 5) is 11.6. The number of nitrogens with one attached hydrogen (secondary N) is 1. The van der Waals surface area contributed by atoms with Gasteiger partial charge >= 0.3 is 0 Å². The maximum absolute atomic E-state index is 13.3. The number of benzene rings is 1. The van der Waals surface area contributed by atoms with E-state index in [1.165, 1.54) is 12.1 Å². The highest BCUT2D eigenvalue weighted by molar-refractivity contribution is 5.76. The molecule has 0 saturated heterocycles. The minimum atomic E-state index is -0.635. The first-order valence-electron chi connectivity index (χ1n) is 6.28. The summed E-state index contributed by atoms with van der Waals surface area (Å²) in [6.07, 6.45) is 0.350. The van der Waals surface area contributed by atoms with Crippen LogP contribution in [0.25, 0.3) is 0 Å². The van der Waals surface area contributed by atoms with Gasteiger partial charge in [0.1, 0.15) is 11.6 Å². The lowest BCUT2D eigenvalue weighted by atomic mass is 10.0. The van der Waals surface area contributed by atoms with Gasteiger partial charge in [-0.25, -0.2) is 8.78 Å². The normalized spacial score (nSPS) is 13.9. The summed E-state index contributed by atoms with van der Waals surface area (Å²) in [6, 6.07) is 3.18. The van der Waals surface area contributed by atoms with E-state index < -0.39 is 11.6 Å². The Morgan fingerprint density at radius 2 is 2.05 bits per heavy atom. The Morgan fingerprint density at radius 3 is 2.63 bits per heavy atom. The molecule has 5 heteroatoms. The summed E-state index contributed by atoms with van der Waals surface area (Å²) < 4.78 is 26.0. The second-order valence-corrected chi connectivity index (χ2v) is 4.75. The minimum Gasteiger partial charge on any atom is -0.396 e. The Hall–Kier alpha value is -1.49. The first-order chi connectivity index (χ1) is 8.93. The summed E-state index contributed by atoms with van der Waals surface area (Å²) in [5, 5.41) is 11.7. The van der Waals surface area contributed by atoms with Gasteiger partial charge in [-0.3, -0.25) is 4.79 Å². The fraction of sp³-hybridized carbons (Fsp3) is 0.500. The molecule has 0 saturated carbocycles. The van der Waals surface area contributed by atoms with Crippen LogP contribution in [0.5, 0.6) is 0 Å². The van der Waals surface area contributed by atoms with E-state index in [-0.39, 0.29) is 37.3 Å². The molecule has 0 bridgehead atoms. The molecular weight excluding hydrogens is 252 g/mol. The molecular formula is C14H19F2NO2. The Kier molecular flexibility index (Phi) is 5.89. The summed E-state index contributed by atoms with van der Waals surface area (Å²) in [5.41, 5.74) is 0.319. The molecule has 0 fully saturated rings. The molecule has 2 atom stereocenters. The van der Waals surface area contributed by atoms with Gasteiger partial charge in [0.2, 0.25) is 5.91 Å². The summed E-state index contributed by atoms with van der Waals surface area (Å²) >= 11 is 0. The van der Waals surface area contributed by atoms with Crippen molar-refractivity contribution in [2.45, 2.75) is 32.7 Å². The minimum absolute atomic E-state index is 0.00592. The van der Waals surface area contributed by atoms with Crippen molar-refractivity contribution in [3.63, 3.8) is 0 Å². The molecule has 0 spiro atoms. The molecule has 1 rings (SSSR count). The Labute approximate surface area is 111 Å². The summed E-state index contributed by atoms with van der Waals surface area (Å²) in [7, 11) is 0. The van der Waals surface area contributed by atoms with Crippen LogP contribution < -0.4 is 5.32 Å². The van der Waals surface area contributed by atoms with E-state index in [0.717, 1.165) is 6.07 Å². The number of amides is 1. The van der Waals surface area contributed by atoms with Crippen LogP contribution in [0, 0.1) is 17.6 Å². The lowest BCUT2D eigenvalue weighted by molar-refractivity contribution is -0.122. The van der Waals surface area contributed by atoms with E-state index in [0.29, 0.717) is 5.56 Å². The number of rotatable bonds is 6. The van der Waals surface area contributed by atoms with Crippen LogP contribution in [-0.2, 0) is 11.2 Å². The van der Waals surface area contributed by atoms with Gasteiger partial charge in [0, 0.05) is 25.1 Å². The zero-order chi connectivity index (χ0) is 14.4. The van der Waals surface area contributed by atoms with Crippen LogP contribution in [0.2, 0.25) is 0 Å². The second-order valence-electron chi connectivity index (χ2n) is 4.75. The maximum atomic E-state index is 13.3. The second kappa shape index (κ2) is 7.19. The number of carbonyl (C=O) groups excluding carboxylic acids is 1. The number of hydrogen-bond donors (Lipinski definition) is 2. The highest BCUT2D eigenvalue weighted by Crippen LogP contribution is 2.11. The van der Waals surface area contributed by atoms with Crippen molar-refractivity contribution in [1.82, 2.24) is 5.32 Å². The molecule has 2 unspecified atom stereocenters. The highest BCUT2D eigenvalue weighted by Gasteiger charge is 2.14. The zero-order valence-corrected chi connectivity index (χ0v) is 11.1. The number of aliphatic hydroxyl groups excluding tert-OH is 1. The van der Waals surface area contributed by atoms with Crippen LogP contribution in [0.15, 0.2) is 18.2 Å². The SMILES string of the molecule is CC(CO)C(C)NC(=O)CCc1ccc(F)cc1F. The monoisotopic (exact) mass is 271 g/mol.